The first-order valence-corrected chi connectivity index (χ1v) is 13.0. The number of H-pyrrole nitrogens is 1. The molecule has 0 saturated heterocycles. The Morgan fingerprint density at radius 1 is 1.15 bits per heavy atom. The lowest BCUT2D eigenvalue weighted by atomic mass is 9.98. The monoisotopic (exact) mass is 466 g/mol. The zero-order valence-corrected chi connectivity index (χ0v) is 19.4. The van der Waals surface area contributed by atoms with Crippen molar-refractivity contribution in [1.29, 1.82) is 0 Å². The van der Waals surface area contributed by atoms with E-state index in [2.05, 4.69) is 16.0 Å². The number of para-hydroxylation sites is 1. The molecule has 3 aromatic rings. The van der Waals surface area contributed by atoms with Crippen LogP contribution in [0.3, 0.4) is 0 Å². The van der Waals surface area contributed by atoms with Crippen molar-refractivity contribution >= 4 is 38.1 Å². The van der Waals surface area contributed by atoms with Crippen LogP contribution >= 0.6 is 0 Å². The molecule has 0 radical (unpaired) electrons. The fraction of sp³-hybridized carbons (Fsp3) is 0.360. The predicted octanol–water partition coefficient (Wildman–Crippen LogP) is 4.30. The van der Waals surface area contributed by atoms with Gasteiger partial charge in [-0.2, -0.15) is 8.42 Å². The predicted molar refractivity (Wildman–Crippen MR) is 130 cm³/mol. The highest BCUT2D eigenvalue weighted by Crippen LogP contribution is 2.47. The molecule has 8 heteroatoms. The molecule has 1 aromatic heterocycles. The van der Waals surface area contributed by atoms with E-state index in [0.717, 1.165) is 65.8 Å². The van der Waals surface area contributed by atoms with Crippen LogP contribution in [0.25, 0.3) is 16.5 Å². The number of aromatic amines is 1. The van der Waals surface area contributed by atoms with Gasteiger partial charge in [-0.25, -0.2) is 13.0 Å². The van der Waals surface area contributed by atoms with E-state index in [-0.39, 0.29) is 11.9 Å². The lowest BCUT2D eigenvalue weighted by Crippen LogP contribution is -2.46. The smallest absolute Gasteiger partial charge is 0.326 e. The number of anilines is 2. The molecule has 1 unspecified atom stereocenters. The molecular formula is C25H27FN4O2S. The fourth-order valence-electron chi connectivity index (χ4n) is 5.50. The second kappa shape index (κ2) is 7.60. The van der Waals surface area contributed by atoms with Gasteiger partial charge in [0.05, 0.1) is 11.4 Å². The van der Waals surface area contributed by atoms with Crippen LogP contribution in [0.2, 0.25) is 0 Å². The van der Waals surface area contributed by atoms with Gasteiger partial charge in [0.1, 0.15) is 5.82 Å². The minimum Gasteiger partial charge on any atom is -0.360 e. The minimum atomic E-state index is -3.54. The largest absolute Gasteiger partial charge is 0.360 e. The summed E-state index contributed by atoms with van der Waals surface area (Å²) in [7, 11) is -3.54. The van der Waals surface area contributed by atoms with Crippen molar-refractivity contribution in [3.05, 3.63) is 65.6 Å². The summed E-state index contributed by atoms with van der Waals surface area (Å²) in [5.74, 6) is -0.242. The van der Waals surface area contributed by atoms with Gasteiger partial charge in [-0.05, 0) is 61.6 Å². The fourth-order valence-corrected chi connectivity index (χ4v) is 7.42. The SMILES string of the molecule is CC1CCc2cccc3c2N1S(=O)(=O)N3CCN1CC=C(c2c[nH]c3cc(F)ccc23)CC1. The average Bonchev–Trinajstić information content (AvgIpc) is 3.32. The van der Waals surface area contributed by atoms with E-state index < -0.39 is 10.2 Å². The number of aryl methyl sites for hydroxylation is 1. The number of nitrogens with one attached hydrogen (secondary N) is 1. The molecule has 3 aliphatic rings. The molecule has 0 fully saturated rings. The van der Waals surface area contributed by atoms with Gasteiger partial charge in [0.15, 0.2) is 0 Å². The molecule has 0 spiro atoms. The molecule has 3 aliphatic heterocycles. The summed E-state index contributed by atoms with van der Waals surface area (Å²) in [6.07, 6.45) is 6.81. The Morgan fingerprint density at radius 3 is 2.85 bits per heavy atom. The van der Waals surface area contributed by atoms with Crippen molar-refractivity contribution in [2.24, 2.45) is 0 Å². The zero-order chi connectivity index (χ0) is 22.7. The lowest BCUT2D eigenvalue weighted by molar-refractivity contribution is 0.311. The van der Waals surface area contributed by atoms with E-state index in [1.54, 1.807) is 8.61 Å². The van der Waals surface area contributed by atoms with Crippen LogP contribution in [0.15, 0.2) is 48.7 Å². The van der Waals surface area contributed by atoms with E-state index in [1.807, 2.05) is 37.4 Å². The van der Waals surface area contributed by atoms with E-state index in [9.17, 15) is 12.8 Å². The van der Waals surface area contributed by atoms with Crippen molar-refractivity contribution in [3.8, 4) is 0 Å². The second-order valence-corrected chi connectivity index (χ2v) is 11.0. The molecule has 1 N–H and O–H groups in total. The van der Waals surface area contributed by atoms with Gasteiger partial charge >= 0.3 is 10.2 Å². The molecule has 172 valence electrons. The second-order valence-electron chi connectivity index (χ2n) is 9.22. The number of benzene rings is 2. The molecular weight excluding hydrogens is 439 g/mol. The molecule has 0 aliphatic carbocycles. The van der Waals surface area contributed by atoms with E-state index >= 15 is 0 Å². The molecule has 33 heavy (non-hydrogen) atoms. The Hall–Kier alpha value is -2.84. The normalized spacial score (nSPS) is 22.0. The summed E-state index contributed by atoms with van der Waals surface area (Å²) in [6, 6.07) is 10.8. The van der Waals surface area contributed by atoms with Crippen molar-refractivity contribution in [3.63, 3.8) is 0 Å². The highest BCUT2D eigenvalue weighted by molar-refractivity contribution is 7.94. The molecule has 0 saturated carbocycles. The van der Waals surface area contributed by atoms with Gasteiger partial charge in [0.25, 0.3) is 0 Å². The topological polar surface area (TPSA) is 59.7 Å². The molecule has 1 atom stereocenters. The number of fused-ring (bicyclic) bond motifs is 1. The maximum absolute atomic E-state index is 13.5. The van der Waals surface area contributed by atoms with E-state index in [1.165, 1.54) is 17.7 Å². The summed E-state index contributed by atoms with van der Waals surface area (Å²) >= 11 is 0. The van der Waals surface area contributed by atoms with Crippen LogP contribution in [0, 0.1) is 5.82 Å². The number of hydrogen-bond acceptors (Lipinski definition) is 3. The maximum atomic E-state index is 13.5. The summed E-state index contributed by atoms with van der Waals surface area (Å²) in [4.78, 5) is 5.46. The van der Waals surface area contributed by atoms with E-state index in [0.29, 0.717) is 13.1 Å². The van der Waals surface area contributed by atoms with Crippen molar-refractivity contribution in [1.82, 2.24) is 9.88 Å². The summed E-state index contributed by atoms with van der Waals surface area (Å²) in [6.45, 7) is 4.74. The lowest BCUT2D eigenvalue weighted by Gasteiger charge is -2.32. The molecule has 4 heterocycles. The third-order valence-corrected chi connectivity index (χ3v) is 9.22. The van der Waals surface area contributed by atoms with Crippen LogP contribution < -0.4 is 8.61 Å². The molecule has 6 nitrogen and oxygen atoms in total. The summed E-state index contributed by atoms with van der Waals surface area (Å²) in [5, 5.41) is 1.03. The van der Waals surface area contributed by atoms with Gasteiger partial charge in [0, 0.05) is 54.9 Å². The number of rotatable bonds is 4. The average molecular weight is 467 g/mol. The molecule has 0 amide bonds. The first kappa shape index (κ1) is 20.7. The Balaban J connectivity index is 1.19. The quantitative estimate of drug-likeness (QED) is 0.624. The highest BCUT2D eigenvalue weighted by atomic mass is 32.2. The number of hydrogen-bond donors (Lipinski definition) is 1. The van der Waals surface area contributed by atoms with Crippen LogP contribution in [-0.2, 0) is 16.6 Å². The maximum Gasteiger partial charge on any atom is 0.326 e. The molecule has 6 rings (SSSR count). The van der Waals surface area contributed by atoms with Crippen LogP contribution in [0.5, 0.6) is 0 Å². The van der Waals surface area contributed by atoms with Crippen molar-refractivity contribution < 1.29 is 12.8 Å². The van der Waals surface area contributed by atoms with Gasteiger partial charge in [-0.1, -0.05) is 18.2 Å². The highest BCUT2D eigenvalue weighted by Gasteiger charge is 2.45. The number of nitrogens with zero attached hydrogens (tertiary/aromatic N) is 3. The third kappa shape index (κ3) is 3.27. The minimum absolute atomic E-state index is 0.0150. The summed E-state index contributed by atoms with van der Waals surface area (Å²) < 4.78 is 43.5. The van der Waals surface area contributed by atoms with Gasteiger partial charge in [0.2, 0.25) is 0 Å². The Kier molecular flexibility index (Phi) is 4.78. The molecule has 2 aromatic carbocycles. The van der Waals surface area contributed by atoms with E-state index in [4.69, 9.17) is 0 Å². The van der Waals surface area contributed by atoms with Crippen LogP contribution in [0.4, 0.5) is 15.8 Å². The Morgan fingerprint density at radius 2 is 2.03 bits per heavy atom. The standard InChI is InChI=1S/C25H27FN4O2S/c1-17-5-6-19-3-2-4-24-25(19)30(17)33(31,32)29(24)14-13-28-11-9-18(10-12-28)22-16-27-23-15-20(26)7-8-21(22)23/h2-4,7-9,15-17,27H,5-6,10-14H2,1H3. The first-order valence-electron chi connectivity index (χ1n) is 11.6. The zero-order valence-electron chi connectivity index (χ0n) is 18.6. The number of halogens is 1. The van der Waals surface area contributed by atoms with Crippen molar-refractivity contribution in [2.75, 3.05) is 34.8 Å². The Bertz CT molecular complexity index is 1380. The van der Waals surface area contributed by atoms with Crippen LogP contribution in [-0.4, -0.2) is 50.5 Å². The Labute approximate surface area is 193 Å². The van der Waals surface area contributed by atoms with Gasteiger partial charge in [-0.15, -0.1) is 0 Å². The van der Waals surface area contributed by atoms with Crippen molar-refractivity contribution in [2.45, 2.75) is 32.2 Å². The number of aromatic nitrogens is 1. The van der Waals surface area contributed by atoms with Gasteiger partial charge in [-0.3, -0.25) is 4.90 Å². The summed E-state index contributed by atoms with van der Waals surface area (Å²) in [5.41, 5.74) is 6.00. The van der Waals surface area contributed by atoms with Gasteiger partial charge < -0.3 is 4.98 Å². The third-order valence-electron chi connectivity index (χ3n) is 7.25. The van der Waals surface area contributed by atoms with Crippen LogP contribution in [0.1, 0.15) is 30.9 Å². The first-order chi connectivity index (χ1) is 15.9. The molecule has 0 bridgehead atoms.